The molecule has 2 N–H and O–H groups in total. The monoisotopic (exact) mass is 156 g/mol. The van der Waals surface area contributed by atoms with E-state index in [1.165, 1.54) is 6.26 Å². The van der Waals surface area contributed by atoms with Gasteiger partial charge in [0.05, 0.1) is 11.8 Å². The molecule has 0 aliphatic carbocycles. The van der Waals surface area contributed by atoms with Crippen molar-refractivity contribution in [2.24, 2.45) is 0 Å². The molecule has 0 saturated carbocycles. The Hall–Kier alpha value is -0.870. The standard InChI is InChI=1S/C7H12N2O2/c1-6(10)4-8-5-7-2-3-11-9-7/h2-3,6,8,10H,4-5H2,1H3. The smallest absolute Gasteiger partial charge is 0.124 e. The van der Waals surface area contributed by atoms with Crippen LogP contribution in [0.25, 0.3) is 0 Å². The number of nitrogens with one attached hydrogen (secondary N) is 1. The van der Waals surface area contributed by atoms with Crippen molar-refractivity contribution in [2.75, 3.05) is 6.54 Å². The largest absolute Gasteiger partial charge is 0.392 e. The molecule has 1 rings (SSSR count). The Morgan fingerprint density at radius 3 is 3.18 bits per heavy atom. The Labute approximate surface area is 65.2 Å². The van der Waals surface area contributed by atoms with E-state index in [0.717, 1.165) is 5.69 Å². The second-order valence-electron chi connectivity index (χ2n) is 2.47. The fraction of sp³-hybridized carbons (Fsp3) is 0.571. The SMILES string of the molecule is CC(O)CNCc1ccon1. The Morgan fingerprint density at radius 2 is 2.64 bits per heavy atom. The quantitative estimate of drug-likeness (QED) is 0.651. The van der Waals surface area contributed by atoms with Crippen LogP contribution in [0.4, 0.5) is 0 Å². The van der Waals surface area contributed by atoms with Crippen molar-refractivity contribution in [2.45, 2.75) is 19.6 Å². The van der Waals surface area contributed by atoms with Gasteiger partial charge in [-0.05, 0) is 6.92 Å². The highest BCUT2D eigenvalue weighted by Crippen LogP contribution is 1.92. The van der Waals surface area contributed by atoms with Gasteiger partial charge in [-0.25, -0.2) is 0 Å². The van der Waals surface area contributed by atoms with Gasteiger partial charge in [-0.15, -0.1) is 0 Å². The fourth-order valence-corrected chi connectivity index (χ4v) is 0.738. The van der Waals surface area contributed by atoms with E-state index in [1.807, 2.05) is 0 Å². The molecule has 62 valence electrons. The molecule has 0 aliphatic rings. The number of hydrogen-bond acceptors (Lipinski definition) is 4. The van der Waals surface area contributed by atoms with Crippen molar-refractivity contribution in [1.82, 2.24) is 10.5 Å². The summed E-state index contributed by atoms with van der Waals surface area (Å²) in [4.78, 5) is 0. The van der Waals surface area contributed by atoms with Crippen molar-refractivity contribution in [3.8, 4) is 0 Å². The molecule has 0 spiro atoms. The van der Waals surface area contributed by atoms with Gasteiger partial charge < -0.3 is 14.9 Å². The van der Waals surface area contributed by atoms with Gasteiger partial charge >= 0.3 is 0 Å². The number of aliphatic hydroxyl groups is 1. The highest BCUT2D eigenvalue weighted by Gasteiger charge is 1.97. The average Bonchev–Trinajstić information content (AvgIpc) is 2.39. The van der Waals surface area contributed by atoms with Crippen molar-refractivity contribution < 1.29 is 9.63 Å². The van der Waals surface area contributed by atoms with E-state index in [2.05, 4.69) is 15.0 Å². The maximum atomic E-state index is 8.87. The van der Waals surface area contributed by atoms with E-state index in [-0.39, 0.29) is 6.10 Å². The molecule has 1 atom stereocenters. The first kappa shape index (κ1) is 8.23. The zero-order chi connectivity index (χ0) is 8.10. The minimum atomic E-state index is -0.318. The number of aromatic nitrogens is 1. The third-order valence-electron chi connectivity index (χ3n) is 1.24. The fourth-order valence-electron chi connectivity index (χ4n) is 0.738. The highest BCUT2D eigenvalue weighted by atomic mass is 16.5. The molecule has 0 fully saturated rings. The summed E-state index contributed by atoms with van der Waals surface area (Å²) in [5, 5.41) is 15.6. The van der Waals surface area contributed by atoms with Gasteiger partial charge in [0.15, 0.2) is 0 Å². The van der Waals surface area contributed by atoms with Crippen LogP contribution >= 0.6 is 0 Å². The van der Waals surface area contributed by atoms with Gasteiger partial charge in [-0.1, -0.05) is 5.16 Å². The van der Waals surface area contributed by atoms with Crippen LogP contribution in [-0.4, -0.2) is 22.9 Å². The molecular weight excluding hydrogens is 144 g/mol. The lowest BCUT2D eigenvalue weighted by Crippen LogP contribution is -2.23. The van der Waals surface area contributed by atoms with E-state index < -0.39 is 0 Å². The molecule has 1 heterocycles. The lowest BCUT2D eigenvalue weighted by molar-refractivity contribution is 0.190. The summed E-state index contributed by atoms with van der Waals surface area (Å²) < 4.78 is 4.62. The topological polar surface area (TPSA) is 58.3 Å². The summed E-state index contributed by atoms with van der Waals surface area (Å²) in [5.74, 6) is 0. The molecule has 0 aromatic carbocycles. The second-order valence-corrected chi connectivity index (χ2v) is 2.47. The Bertz CT molecular complexity index is 184. The molecule has 11 heavy (non-hydrogen) atoms. The molecule has 4 nitrogen and oxygen atoms in total. The molecule has 4 heteroatoms. The molecule has 0 aliphatic heterocycles. The summed E-state index contributed by atoms with van der Waals surface area (Å²) in [7, 11) is 0. The third-order valence-corrected chi connectivity index (χ3v) is 1.24. The lowest BCUT2D eigenvalue weighted by Gasteiger charge is -2.03. The van der Waals surface area contributed by atoms with Crippen LogP contribution in [0.15, 0.2) is 16.9 Å². The first-order valence-corrected chi connectivity index (χ1v) is 3.57. The molecule has 1 aromatic heterocycles. The summed E-state index contributed by atoms with van der Waals surface area (Å²) in [6.07, 6.45) is 1.21. The Balaban J connectivity index is 2.14. The minimum Gasteiger partial charge on any atom is -0.392 e. The average molecular weight is 156 g/mol. The van der Waals surface area contributed by atoms with Crippen LogP contribution in [0.2, 0.25) is 0 Å². The Kier molecular flexibility index (Phi) is 3.07. The van der Waals surface area contributed by atoms with Crippen LogP contribution in [-0.2, 0) is 6.54 Å². The van der Waals surface area contributed by atoms with Gasteiger partial charge in [-0.3, -0.25) is 0 Å². The first-order chi connectivity index (χ1) is 5.29. The van der Waals surface area contributed by atoms with E-state index >= 15 is 0 Å². The van der Waals surface area contributed by atoms with Crippen molar-refractivity contribution in [3.05, 3.63) is 18.0 Å². The number of hydrogen-bond donors (Lipinski definition) is 2. The van der Waals surface area contributed by atoms with Crippen LogP contribution in [0.5, 0.6) is 0 Å². The van der Waals surface area contributed by atoms with Gasteiger partial charge in [0, 0.05) is 19.2 Å². The van der Waals surface area contributed by atoms with Crippen LogP contribution in [0.3, 0.4) is 0 Å². The second kappa shape index (κ2) is 4.10. The molecular formula is C7H12N2O2. The predicted octanol–water partition coefficient (Wildman–Crippen LogP) is 0.145. The van der Waals surface area contributed by atoms with E-state index in [9.17, 15) is 0 Å². The van der Waals surface area contributed by atoms with Crippen LogP contribution in [0.1, 0.15) is 12.6 Å². The number of rotatable bonds is 4. The number of aliphatic hydroxyl groups excluding tert-OH is 1. The third kappa shape index (κ3) is 3.15. The minimum absolute atomic E-state index is 0.318. The first-order valence-electron chi connectivity index (χ1n) is 3.57. The normalized spacial score (nSPS) is 13.3. The maximum absolute atomic E-state index is 8.87. The number of nitrogens with zero attached hydrogens (tertiary/aromatic N) is 1. The maximum Gasteiger partial charge on any atom is 0.124 e. The van der Waals surface area contributed by atoms with Crippen LogP contribution in [0, 0.1) is 0 Å². The van der Waals surface area contributed by atoms with E-state index in [1.54, 1.807) is 13.0 Å². The van der Waals surface area contributed by atoms with E-state index in [0.29, 0.717) is 13.1 Å². The Morgan fingerprint density at radius 1 is 1.82 bits per heavy atom. The molecule has 0 saturated heterocycles. The zero-order valence-corrected chi connectivity index (χ0v) is 6.45. The predicted molar refractivity (Wildman–Crippen MR) is 39.9 cm³/mol. The van der Waals surface area contributed by atoms with Gasteiger partial charge in [0.25, 0.3) is 0 Å². The molecule has 1 aromatic rings. The van der Waals surface area contributed by atoms with Crippen molar-refractivity contribution >= 4 is 0 Å². The summed E-state index contributed by atoms with van der Waals surface area (Å²) in [6, 6.07) is 1.79. The van der Waals surface area contributed by atoms with Gasteiger partial charge in [0.2, 0.25) is 0 Å². The van der Waals surface area contributed by atoms with Crippen LogP contribution < -0.4 is 5.32 Å². The molecule has 0 amide bonds. The molecule has 1 unspecified atom stereocenters. The lowest BCUT2D eigenvalue weighted by atomic mass is 10.4. The molecule has 0 radical (unpaired) electrons. The summed E-state index contributed by atoms with van der Waals surface area (Å²) in [6.45, 7) is 2.95. The highest BCUT2D eigenvalue weighted by molar-refractivity contribution is 4.94. The van der Waals surface area contributed by atoms with Crippen molar-refractivity contribution in [3.63, 3.8) is 0 Å². The van der Waals surface area contributed by atoms with Crippen molar-refractivity contribution in [1.29, 1.82) is 0 Å². The van der Waals surface area contributed by atoms with Gasteiger partial charge in [0.1, 0.15) is 6.26 Å². The molecule has 0 bridgehead atoms. The summed E-state index contributed by atoms with van der Waals surface area (Å²) in [5.41, 5.74) is 0.852. The van der Waals surface area contributed by atoms with E-state index in [4.69, 9.17) is 5.11 Å². The summed E-state index contributed by atoms with van der Waals surface area (Å²) >= 11 is 0. The zero-order valence-electron chi connectivity index (χ0n) is 6.45. The van der Waals surface area contributed by atoms with Gasteiger partial charge in [-0.2, -0.15) is 0 Å².